The molecule has 1 aliphatic heterocycles. The lowest BCUT2D eigenvalue weighted by Crippen LogP contribution is -2.41. The first-order valence-electron chi connectivity index (χ1n) is 10.0. The molecule has 0 saturated carbocycles. The van der Waals surface area contributed by atoms with Gasteiger partial charge in [-0.15, -0.1) is 0 Å². The number of anilines is 1. The van der Waals surface area contributed by atoms with E-state index in [0.717, 1.165) is 46.5 Å². The molecule has 1 aliphatic carbocycles. The van der Waals surface area contributed by atoms with Crippen LogP contribution in [0.5, 0.6) is 0 Å². The van der Waals surface area contributed by atoms with Gasteiger partial charge >= 0.3 is 0 Å². The van der Waals surface area contributed by atoms with E-state index < -0.39 is 0 Å². The number of hydrogen-bond acceptors (Lipinski definition) is 2. The van der Waals surface area contributed by atoms with Crippen molar-refractivity contribution in [1.82, 2.24) is 0 Å². The van der Waals surface area contributed by atoms with Crippen LogP contribution in [0, 0.1) is 6.92 Å². The molecule has 2 aromatic carbocycles. The van der Waals surface area contributed by atoms with Crippen LogP contribution in [0.2, 0.25) is 10.0 Å². The van der Waals surface area contributed by atoms with Gasteiger partial charge in [-0.1, -0.05) is 54.4 Å². The zero-order chi connectivity index (χ0) is 20.7. The molecule has 0 N–H and O–H groups in total. The second-order valence-corrected chi connectivity index (χ2v) is 8.57. The Bertz CT molecular complexity index is 1040. The van der Waals surface area contributed by atoms with Crippen LogP contribution in [0.25, 0.3) is 0 Å². The van der Waals surface area contributed by atoms with E-state index in [-0.39, 0.29) is 24.0 Å². The van der Waals surface area contributed by atoms with Crippen LogP contribution < -0.4 is 4.90 Å². The molecule has 0 spiro atoms. The Morgan fingerprint density at radius 2 is 1.90 bits per heavy atom. The van der Waals surface area contributed by atoms with E-state index in [1.54, 1.807) is 12.1 Å². The molecule has 0 bridgehead atoms. The first kappa shape index (κ1) is 20.2. The molecule has 150 valence electrons. The van der Waals surface area contributed by atoms with Gasteiger partial charge in [-0.25, -0.2) is 0 Å². The molecule has 5 heteroatoms. The van der Waals surface area contributed by atoms with E-state index in [1.165, 1.54) is 0 Å². The molecule has 1 atom stereocenters. The summed E-state index contributed by atoms with van der Waals surface area (Å²) in [6.45, 7) is 4.11. The van der Waals surface area contributed by atoms with E-state index in [1.807, 2.05) is 30.0 Å². The van der Waals surface area contributed by atoms with Crippen LogP contribution in [0.1, 0.15) is 55.2 Å². The third kappa shape index (κ3) is 3.51. The first-order chi connectivity index (χ1) is 13.9. The van der Waals surface area contributed by atoms with Crippen molar-refractivity contribution in [2.45, 2.75) is 51.9 Å². The Balaban J connectivity index is 1.93. The van der Waals surface area contributed by atoms with Gasteiger partial charge in [0.25, 0.3) is 0 Å². The lowest BCUT2D eigenvalue weighted by atomic mass is 9.77. The second kappa shape index (κ2) is 7.97. The Kier molecular flexibility index (Phi) is 5.54. The van der Waals surface area contributed by atoms with Crippen LogP contribution in [0.3, 0.4) is 0 Å². The molecule has 1 unspecified atom stereocenters. The lowest BCUT2D eigenvalue weighted by Gasteiger charge is -2.39. The van der Waals surface area contributed by atoms with Gasteiger partial charge in [-0.2, -0.15) is 0 Å². The Morgan fingerprint density at radius 3 is 2.62 bits per heavy atom. The molecule has 29 heavy (non-hydrogen) atoms. The predicted molar refractivity (Wildman–Crippen MR) is 118 cm³/mol. The molecule has 3 nitrogen and oxygen atoms in total. The van der Waals surface area contributed by atoms with Crippen molar-refractivity contribution in [3.8, 4) is 0 Å². The lowest BCUT2D eigenvalue weighted by molar-refractivity contribution is -0.119. The number of benzene rings is 2. The molecule has 1 heterocycles. The number of rotatable bonds is 3. The third-order valence-corrected chi connectivity index (χ3v) is 6.50. The summed E-state index contributed by atoms with van der Waals surface area (Å²) in [5, 5.41) is 1.04. The maximum atomic E-state index is 13.4. The minimum absolute atomic E-state index is 0.0125. The van der Waals surface area contributed by atoms with Crippen molar-refractivity contribution in [1.29, 1.82) is 0 Å². The Labute approximate surface area is 181 Å². The predicted octanol–water partition coefficient (Wildman–Crippen LogP) is 6.39. The van der Waals surface area contributed by atoms with E-state index in [4.69, 9.17) is 23.2 Å². The van der Waals surface area contributed by atoms with Gasteiger partial charge in [-0.05, 0) is 55.0 Å². The van der Waals surface area contributed by atoms with Gasteiger partial charge in [0, 0.05) is 40.1 Å². The standard InChI is InChI=1S/C24H23Cl2NO2/c1-3-15-7-4-6-14(2)24(15)27-20-8-5-9-21(28)23(20)18(13-22(27)29)17-11-10-16(25)12-19(17)26/h4,6-7,10-12,18H,3,5,8-9,13H2,1-2H3. The van der Waals surface area contributed by atoms with Crippen LogP contribution in [-0.4, -0.2) is 11.7 Å². The molecule has 0 aromatic heterocycles. The fraction of sp³-hybridized carbons (Fsp3) is 0.333. The fourth-order valence-corrected chi connectivity index (χ4v) is 5.17. The number of aryl methyl sites for hydroxylation is 2. The Morgan fingerprint density at radius 1 is 1.10 bits per heavy atom. The summed E-state index contributed by atoms with van der Waals surface area (Å²) >= 11 is 12.5. The number of nitrogens with zero attached hydrogens (tertiary/aromatic N) is 1. The molecule has 0 saturated heterocycles. The highest BCUT2D eigenvalue weighted by atomic mass is 35.5. The van der Waals surface area contributed by atoms with Crippen LogP contribution in [0.4, 0.5) is 5.69 Å². The highest BCUT2D eigenvalue weighted by Gasteiger charge is 2.41. The zero-order valence-corrected chi connectivity index (χ0v) is 18.1. The number of ketones is 1. The zero-order valence-electron chi connectivity index (χ0n) is 16.6. The quantitative estimate of drug-likeness (QED) is 0.568. The summed E-state index contributed by atoms with van der Waals surface area (Å²) in [6.07, 6.45) is 3.03. The number of carbonyl (C=O) groups excluding carboxylic acids is 2. The van der Waals surface area contributed by atoms with Crippen molar-refractivity contribution in [2.24, 2.45) is 0 Å². The summed E-state index contributed by atoms with van der Waals surface area (Å²) in [4.78, 5) is 28.3. The molecule has 0 radical (unpaired) electrons. The van der Waals surface area contributed by atoms with E-state index in [0.29, 0.717) is 22.9 Å². The summed E-state index contributed by atoms with van der Waals surface area (Å²) in [5.74, 6) is -0.190. The second-order valence-electron chi connectivity index (χ2n) is 7.72. The van der Waals surface area contributed by atoms with Gasteiger partial charge in [0.15, 0.2) is 5.78 Å². The molecule has 1 amide bonds. The van der Waals surface area contributed by atoms with Gasteiger partial charge < -0.3 is 0 Å². The molecular formula is C24H23Cl2NO2. The summed E-state index contributed by atoms with van der Waals surface area (Å²) in [6, 6.07) is 11.4. The van der Waals surface area contributed by atoms with Gasteiger partial charge in [0.1, 0.15) is 0 Å². The smallest absolute Gasteiger partial charge is 0.232 e. The number of halogens is 2. The normalized spacial score (nSPS) is 19.6. The van der Waals surface area contributed by atoms with Crippen molar-refractivity contribution in [3.05, 3.63) is 74.4 Å². The highest BCUT2D eigenvalue weighted by Crippen LogP contribution is 2.46. The van der Waals surface area contributed by atoms with Gasteiger partial charge in [0.05, 0.1) is 5.69 Å². The van der Waals surface area contributed by atoms with Crippen LogP contribution in [0.15, 0.2) is 47.7 Å². The van der Waals surface area contributed by atoms with Crippen molar-refractivity contribution < 1.29 is 9.59 Å². The summed E-state index contributed by atoms with van der Waals surface area (Å²) in [7, 11) is 0. The minimum atomic E-state index is -0.319. The van der Waals surface area contributed by atoms with Crippen molar-refractivity contribution in [3.63, 3.8) is 0 Å². The number of hydrogen-bond donors (Lipinski definition) is 0. The first-order valence-corrected chi connectivity index (χ1v) is 10.8. The SMILES string of the molecule is CCc1cccc(C)c1N1C(=O)CC(c2ccc(Cl)cc2Cl)C2=C1CCCC2=O. The molecular weight excluding hydrogens is 405 g/mol. The average molecular weight is 428 g/mol. The maximum absolute atomic E-state index is 13.4. The fourth-order valence-electron chi connectivity index (χ4n) is 4.63. The van der Waals surface area contributed by atoms with Crippen LogP contribution >= 0.6 is 23.2 Å². The topological polar surface area (TPSA) is 37.4 Å². The number of Topliss-reactive ketones (excluding diaryl/α,β-unsaturated/α-hetero) is 1. The van der Waals surface area contributed by atoms with Crippen molar-refractivity contribution >= 4 is 40.6 Å². The van der Waals surface area contributed by atoms with E-state index in [2.05, 4.69) is 13.0 Å². The van der Waals surface area contributed by atoms with Crippen LogP contribution in [-0.2, 0) is 16.0 Å². The number of carbonyl (C=O) groups is 2. The molecule has 4 rings (SSSR count). The number of para-hydroxylation sites is 1. The maximum Gasteiger partial charge on any atom is 0.232 e. The van der Waals surface area contributed by atoms with Gasteiger partial charge in [-0.3, -0.25) is 14.5 Å². The minimum Gasteiger partial charge on any atom is -0.294 e. The number of allylic oxidation sites excluding steroid dienone is 2. The van der Waals surface area contributed by atoms with Gasteiger partial charge in [0.2, 0.25) is 5.91 Å². The van der Waals surface area contributed by atoms with E-state index in [9.17, 15) is 9.59 Å². The third-order valence-electron chi connectivity index (χ3n) is 5.94. The summed E-state index contributed by atoms with van der Waals surface area (Å²) < 4.78 is 0. The average Bonchev–Trinajstić information content (AvgIpc) is 2.68. The summed E-state index contributed by atoms with van der Waals surface area (Å²) in [5.41, 5.74) is 5.48. The molecule has 0 fully saturated rings. The Hall–Kier alpha value is -2.10. The largest absolute Gasteiger partial charge is 0.294 e. The number of amides is 1. The monoisotopic (exact) mass is 427 g/mol. The molecule has 2 aliphatic rings. The van der Waals surface area contributed by atoms with Crippen molar-refractivity contribution in [2.75, 3.05) is 4.90 Å². The molecule has 2 aromatic rings. The highest BCUT2D eigenvalue weighted by molar-refractivity contribution is 6.35. The van der Waals surface area contributed by atoms with E-state index >= 15 is 0 Å².